The van der Waals surface area contributed by atoms with Gasteiger partial charge in [0.2, 0.25) is 5.95 Å². The molecule has 0 amide bonds. The Balaban J connectivity index is 2.22. The van der Waals surface area contributed by atoms with Crippen molar-refractivity contribution in [2.45, 2.75) is 13.0 Å². The Hall–Kier alpha value is -3.03. The zero-order valence-corrected chi connectivity index (χ0v) is 13.9. The lowest BCUT2D eigenvalue weighted by Crippen LogP contribution is -2.29. The van der Waals surface area contributed by atoms with Gasteiger partial charge >= 0.3 is 5.97 Å². The fraction of sp³-hybridized carbons (Fsp3) is 0.312. The lowest BCUT2D eigenvalue weighted by atomic mass is 9.95. The number of ether oxygens (including phenoxy) is 3. The molecule has 8 nitrogen and oxygen atoms in total. The van der Waals surface area contributed by atoms with E-state index in [1.165, 1.54) is 13.4 Å². The molecule has 2 heterocycles. The number of anilines is 1. The maximum atomic E-state index is 12.4. The summed E-state index contributed by atoms with van der Waals surface area (Å²) in [4.78, 5) is 16.5. The summed E-state index contributed by atoms with van der Waals surface area (Å²) in [6, 6.07) is 4.89. The first kappa shape index (κ1) is 15.9. The van der Waals surface area contributed by atoms with E-state index in [0.717, 1.165) is 5.56 Å². The quantitative estimate of drug-likeness (QED) is 0.855. The maximum Gasteiger partial charge on any atom is 0.338 e. The van der Waals surface area contributed by atoms with E-state index < -0.39 is 12.0 Å². The molecule has 1 aromatic carbocycles. The van der Waals surface area contributed by atoms with E-state index in [4.69, 9.17) is 14.2 Å². The zero-order valence-electron chi connectivity index (χ0n) is 13.9. The molecule has 1 atom stereocenters. The Bertz CT molecular complexity index is 812. The molecular formula is C16H18N4O4. The van der Waals surface area contributed by atoms with Gasteiger partial charge in [-0.3, -0.25) is 0 Å². The molecule has 126 valence electrons. The summed E-state index contributed by atoms with van der Waals surface area (Å²) in [6.45, 7) is 1.80. The maximum absolute atomic E-state index is 12.4. The molecule has 0 radical (unpaired) electrons. The highest BCUT2D eigenvalue weighted by molar-refractivity contribution is 5.92. The van der Waals surface area contributed by atoms with Gasteiger partial charge < -0.3 is 19.5 Å². The van der Waals surface area contributed by atoms with Gasteiger partial charge in [0, 0.05) is 17.3 Å². The van der Waals surface area contributed by atoms with Gasteiger partial charge in [-0.25, -0.2) is 9.48 Å². The number of carbonyl (C=O) groups is 1. The first-order chi connectivity index (χ1) is 11.6. The van der Waals surface area contributed by atoms with Crippen molar-refractivity contribution < 1.29 is 19.0 Å². The average Bonchev–Trinajstić information content (AvgIpc) is 3.07. The molecule has 24 heavy (non-hydrogen) atoms. The van der Waals surface area contributed by atoms with Crippen molar-refractivity contribution in [2.24, 2.45) is 0 Å². The minimum absolute atomic E-state index is 0.441. The van der Waals surface area contributed by atoms with E-state index in [-0.39, 0.29) is 0 Å². The molecule has 1 aliphatic rings. The van der Waals surface area contributed by atoms with Crippen LogP contribution in [0, 0.1) is 0 Å². The number of carbonyl (C=O) groups excluding carboxylic acids is 1. The number of fused-ring (bicyclic) bond motifs is 1. The number of aromatic nitrogens is 3. The SMILES string of the molecule is COC(=O)C1=C(C)Nc2ncnn2C1c1ccc(OC)cc1OC. The number of benzene rings is 1. The lowest BCUT2D eigenvalue weighted by molar-refractivity contribution is -0.136. The normalized spacial score (nSPS) is 16.2. The van der Waals surface area contributed by atoms with Crippen LogP contribution < -0.4 is 14.8 Å². The van der Waals surface area contributed by atoms with Crippen LogP contribution in [0.2, 0.25) is 0 Å². The summed E-state index contributed by atoms with van der Waals surface area (Å²) in [5.74, 6) is 1.34. The first-order valence-electron chi connectivity index (χ1n) is 7.28. The lowest BCUT2D eigenvalue weighted by Gasteiger charge is -2.28. The third-order valence-electron chi connectivity index (χ3n) is 3.93. The van der Waals surface area contributed by atoms with Crippen LogP contribution in [-0.2, 0) is 9.53 Å². The van der Waals surface area contributed by atoms with E-state index in [0.29, 0.717) is 28.7 Å². The Morgan fingerprint density at radius 3 is 2.71 bits per heavy atom. The number of rotatable bonds is 4. The van der Waals surface area contributed by atoms with Crippen LogP contribution >= 0.6 is 0 Å². The van der Waals surface area contributed by atoms with Crippen LogP contribution in [0.5, 0.6) is 11.5 Å². The fourth-order valence-electron chi connectivity index (χ4n) is 2.80. The molecule has 1 N–H and O–H groups in total. The predicted octanol–water partition coefficient (Wildman–Crippen LogP) is 1.76. The summed E-state index contributed by atoms with van der Waals surface area (Å²) in [6.07, 6.45) is 1.43. The first-order valence-corrected chi connectivity index (χ1v) is 7.28. The number of methoxy groups -OCH3 is 3. The minimum Gasteiger partial charge on any atom is -0.497 e. The number of hydrogen-bond donors (Lipinski definition) is 1. The van der Waals surface area contributed by atoms with Gasteiger partial charge in [0.05, 0.1) is 26.9 Å². The molecular weight excluding hydrogens is 312 g/mol. The number of allylic oxidation sites excluding steroid dienone is 1. The van der Waals surface area contributed by atoms with Crippen LogP contribution in [0.3, 0.4) is 0 Å². The monoisotopic (exact) mass is 330 g/mol. The Morgan fingerprint density at radius 1 is 1.25 bits per heavy atom. The number of esters is 1. The second kappa shape index (κ2) is 6.23. The standard InChI is InChI=1S/C16H18N4O4/c1-9-13(15(21)24-4)14(20-16(19-9)17-8-18-20)11-6-5-10(22-2)7-12(11)23-3/h5-8,14H,1-4H3,(H,17,18,19). The number of nitrogens with zero attached hydrogens (tertiary/aromatic N) is 3. The van der Waals surface area contributed by atoms with Crippen LogP contribution in [0.25, 0.3) is 0 Å². The van der Waals surface area contributed by atoms with E-state index in [1.807, 2.05) is 6.07 Å². The number of hydrogen-bond acceptors (Lipinski definition) is 7. The molecule has 1 aromatic heterocycles. The molecule has 8 heteroatoms. The fourth-order valence-corrected chi connectivity index (χ4v) is 2.80. The van der Waals surface area contributed by atoms with Crippen LogP contribution in [0.15, 0.2) is 35.8 Å². The van der Waals surface area contributed by atoms with E-state index in [2.05, 4.69) is 15.4 Å². The minimum atomic E-state index is -0.517. The van der Waals surface area contributed by atoms with Crippen molar-refractivity contribution in [3.8, 4) is 11.5 Å². The van der Waals surface area contributed by atoms with Crippen LogP contribution in [0.1, 0.15) is 18.5 Å². The van der Waals surface area contributed by atoms with Gasteiger partial charge in [-0.1, -0.05) is 0 Å². The Morgan fingerprint density at radius 2 is 2.04 bits per heavy atom. The third kappa shape index (κ3) is 2.45. The van der Waals surface area contributed by atoms with E-state index >= 15 is 0 Å². The molecule has 0 spiro atoms. The largest absolute Gasteiger partial charge is 0.497 e. The highest BCUT2D eigenvalue weighted by Gasteiger charge is 2.35. The average molecular weight is 330 g/mol. The van der Waals surface area contributed by atoms with Crippen molar-refractivity contribution in [1.82, 2.24) is 14.8 Å². The second-order valence-electron chi connectivity index (χ2n) is 5.19. The summed E-state index contributed by atoms with van der Waals surface area (Å²) in [5.41, 5.74) is 1.86. The van der Waals surface area contributed by atoms with Crippen LogP contribution in [0.4, 0.5) is 5.95 Å². The van der Waals surface area contributed by atoms with Gasteiger partial charge in [-0.15, -0.1) is 0 Å². The predicted molar refractivity (Wildman–Crippen MR) is 86.0 cm³/mol. The van der Waals surface area contributed by atoms with Crippen molar-refractivity contribution in [2.75, 3.05) is 26.6 Å². The summed E-state index contributed by atoms with van der Waals surface area (Å²) in [5, 5.41) is 7.32. The molecule has 0 aliphatic carbocycles. The molecule has 2 aromatic rings. The molecule has 1 unspecified atom stereocenters. The molecule has 0 fully saturated rings. The molecule has 0 bridgehead atoms. The van der Waals surface area contributed by atoms with Crippen molar-refractivity contribution in [3.05, 3.63) is 41.4 Å². The topological polar surface area (TPSA) is 87.5 Å². The highest BCUT2D eigenvalue weighted by atomic mass is 16.5. The summed E-state index contributed by atoms with van der Waals surface area (Å²) >= 11 is 0. The van der Waals surface area contributed by atoms with E-state index in [9.17, 15) is 4.79 Å². The van der Waals surface area contributed by atoms with Gasteiger partial charge in [-0.05, 0) is 19.1 Å². The summed E-state index contributed by atoms with van der Waals surface area (Å²) < 4.78 is 17.3. The highest BCUT2D eigenvalue weighted by Crippen LogP contribution is 2.40. The molecule has 3 rings (SSSR count). The van der Waals surface area contributed by atoms with Gasteiger partial charge in [0.25, 0.3) is 0 Å². The van der Waals surface area contributed by atoms with Gasteiger partial charge in [0.15, 0.2) is 0 Å². The second-order valence-corrected chi connectivity index (χ2v) is 5.19. The zero-order chi connectivity index (χ0) is 17.3. The molecule has 0 saturated carbocycles. The summed E-state index contributed by atoms with van der Waals surface area (Å²) in [7, 11) is 4.50. The number of nitrogens with one attached hydrogen (secondary N) is 1. The molecule has 1 aliphatic heterocycles. The Labute approximate surface area is 139 Å². The van der Waals surface area contributed by atoms with Crippen molar-refractivity contribution in [1.29, 1.82) is 0 Å². The van der Waals surface area contributed by atoms with Crippen LogP contribution in [-0.4, -0.2) is 42.1 Å². The van der Waals surface area contributed by atoms with Gasteiger partial charge in [0.1, 0.15) is 23.9 Å². The van der Waals surface area contributed by atoms with Crippen molar-refractivity contribution in [3.63, 3.8) is 0 Å². The van der Waals surface area contributed by atoms with E-state index in [1.54, 1.807) is 38.0 Å². The third-order valence-corrected chi connectivity index (χ3v) is 3.93. The smallest absolute Gasteiger partial charge is 0.338 e. The van der Waals surface area contributed by atoms with Crippen molar-refractivity contribution >= 4 is 11.9 Å². The molecule has 0 saturated heterocycles. The van der Waals surface area contributed by atoms with Gasteiger partial charge in [-0.2, -0.15) is 10.1 Å². The Kier molecular flexibility index (Phi) is 4.11.